The van der Waals surface area contributed by atoms with Gasteiger partial charge in [-0.05, 0) is 70.0 Å². The molecule has 3 amide bonds. The number of ether oxygens (including phenoxy) is 2. The number of nitrogens with zero attached hydrogens (tertiary/aromatic N) is 5. The molecule has 3 aromatic rings. The molecule has 0 aliphatic carbocycles. The van der Waals surface area contributed by atoms with E-state index in [1.807, 2.05) is 30.6 Å². The molecule has 0 radical (unpaired) electrons. The molecule has 3 saturated heterocycles. The molecule has 3 fully saturated rings. The zero-order valence-corrected chi connectivity index (χ0v) is 28.6. The number of aromatic nitrogens is 2. The highest BCUT2D eigenvalue weighted by Crippen LogP contribution is 2.38. The number of carbonyl (C=O) groups is 2. The molecule has 2 N–H and O–H groups in total. The molecule has 4 aliphatic rings. The van der Waals surface area contributed by atoms with Crippen molar-refractivity contribution in [3.8, 4) is 17.1 Å². The SMILES string of the molecule is CCN1CC(C)(C)Oc2nc(N3CC4CCC(C3)O4)nc(-c3ccc(NC(=O)Nc4ccc(N5CCS(=O)(=O)CC5)cc4)c(F)c3)c2C1=O. The van der Waals surface area contributed by atoms with Crippen LogP contribution in [0.5, 0.6) is 5.88 Å². The number of urea groups is 1. The second-order valence-electron chi connectivity index (χ2n) is 13.6. The molecule has 2 atom stereocenters. The number of benzene rings is 2. The first-order chi connectivity index (χ1) is 23.4. The van der Waals surface area contributed by atoms with E-state index in [0.29, 0.717) is 56.5 Å². The predicted octanol–water partition coefficient (Wildman–Crippen LogP) is 4.16. The number of hydrogen-bond donors (Lipinski definition) is 2. The first-order valence-corrected chi connectivity index (χ1v) is 18.4. The lowest BCUT2D eigenvalue weighted by Crippen LogP contribution is -2.43. The summed E-state index contributed by atoms with van der Waals surface area (Å²) in [6.07, 6.45) is 2.05. The lowest BCUT2D eigenvalue weighted by atomic mass is 10.0. The fraction of sp³-hybridized carbons (Fsp3) is 0.471. The van der Waals surface area contributed by atoms with Crippen LogP contribution in [0.3, 0.4) is 0 Å². The maximum absolute atomic E-state index is 15.7. The van der Waals surface area contributed by atoms with Gasteiger partial charge in [0.1, 0.15) is 17.0 Å². The maximum atomic E-state index is 15.7. The Morgan fingerprint density at radius 1 is 1.00 bits per heavy atom. The summed E-state index contributed by atoms with van der Waals surface area (Å²) in [6.45, 7) is 8.50. The molecule has 260 valence electrons. The first kappa shape index (κ1) is 33.0. The van der Waals surface area contributed by atoms with Gasteiger partial charge in [0.25, 0.3) is 5.91 Å². The molecule has 15 heteroatoms. The monoisotopic (exact) mass is 693 g/mol. The van der Waals surface area contributed by atoms with Crippen molar-refractivity contribution in [1.82, 2.24) is 14.9 Å². The summed E-state index contributed by atoms with van der Waals surface area (Å²) in [5.41, 5.74) is 1.31. The molecule has 0 spiro atoms. The fourth-order valence-corrected chi connectivity index (χ4v) is 8.04. The number of carbonyl (C=O) groups excluding carboxylic acids is 2. The fourth-order valence-electron chi connectivity index (χ4n) is 6.84. The number of morpholine rings is 1. The molecule has 7 rings (SSSR count). The van der Waals surface area contributed by atoms with Crippen molar-refractivity contribution >= 4 is 44.8 Å². The number of rotatable bonds is 6. The van der Waals surface area contributed by atoms with Crippen molar-refractivity contribution in [3.63, 3.8) is 0 Å². The van der Waals surface area contributed by atoms with Crippen LogP contribution in [0, 0.1) is 5.82 Å². The van der Waals surface area contributed by atoms with Gasteiger partial charge in [-0.2, -0.15) is 4.98 Å². The summed E-state index contributed by atoms with van der Waals surface area (Å²) in [4.78, 5) is 42.1. The van der Waals surface area contributed by atoms with E-state index in [0.717, 1.165) is 18.5 Å². The molecule has 49 heavy (non-hydrogen) atoms. The Hall–Kier alpha value is -4.50. The van der Waals surface area contributed by atoms with Crippen LogP contribution in [-0.2, 0) is 14.6 Å². The summed E-state index contributed by atoms with van der Waals surface area (Å²) < 4.78 is 51.6. The van der Waals surface area contributed by atoms with Crippen LogP contribution >= 0.6 is 0 Å². The lowest BCUT2D eigenvalue weighted by molar-refractivity contribution is 0.0297. The number of anilines is 4. The Morgan fingerprint density at radius 2 is 1.69 bits per heavy atom. The van der Waals surface area contributed by atoms with Crippen LogP contribution in [0.25, 0.3) is 11.3 Å². The van der Waals surface area contributed by atoms with Gasteiger partial charge in [-0.3, -0.25) is 4.79 Å². The van der Waals surface area contributed by atoms with Gasteiger partial charge in [0.2, 0.25) is 11.8 Å². The van der Waals surface area contributed by atoms with Gasteiger partial charge in [0, 0.05) is 49.7 Å². The van der Waals surface area contributed by atoms with E-state index in [1.54, 1.807) is 35.2 Å². The van der Waals surface area contributed by atoms with Crippen molar-refractivity contribution in [2.75, 3.05) is 71.2 Å². The highest BCUT2D eigenvalue weighted by atomic mass is 32.2. The van der Waals surface area contributed by atoms with Gasteiger partial charge in [0.05, 0.1) is 41.6 Å². The third-order valence-electron chi connectivity index (χ3n) is 9.34. The van der Waals surface area contributed by atoms with Gasteiger partial charge in [-0.15, -0.1) is 0 Å². The van der Waals surface area contributed by atoms with Crippen LogP contribution < -0.4 is 25.2 Å². The normalized spacial score (nSPS) is 22.6. The number of nitrogens with one attached hydrogen (secondary N) is 2. The first-order valence-electron chi connectivity index (χ1n) is 16.6. The van der Waals surface area contributed by atoms with Gasteiger partial charge in [0.15, 0.2) is 9.84 Å². The number of amides is 3. The smallest absolute Gasteiger partial charge is 0.323 e. The average Bonchev–Trinajstić information content (AvgIpc) is 3.35. The van der Waals surface area contributed by atoms with Crippen molar-refractivity contribution in [1.29, 1.82) is 0 Å². The zero-order valence-electron chi connectivity index (χ0n) is 27.7. The minimum absolute atomic E-state index is 0.0589. The molecule has 4 aliphatic heterocycles. The van der Waals surface area contributed by atoms with Crippen LogP contribution in [0.1, 0.15) is 44.0 Å². The van der Waals surface area contributed by atoms with E-state index >= 15 is 4.39 Å². The maximum Gasteiger partial charge on any atom is 0.323 e. The molecule has 2 aromatic carbocycles. The molecule has 5 heterocycles. The number of hydrogen-bond acceptors (Lipinski definition) is 10. The van der Waals surface area contributed by atoms with Crippen molar-refractivity contribution < 1.29 is 31.9 Å². The Bertz CT molecular complexity index is 1860. The largest absolute Gasteiger partial charge is 0.469 e. The topological polar surface area (TPSA) is 146 Å². The summed E-state index contributed by atoms with van der Waals surface area (Å²) in [5, 5.41) is 5.26. The van der Waals surface area contributed by atoms with Crippen LogP contribution in [0.15, 0.2) is 42.5 Å². The van der Waals surface area contributed by atoms with Gasteiger partial charge in [-0.25, -0.2) is 22.6 Å². The van der Waals surface area contributed by atoms with E-state index in [-0.39, 0.29) is 52.4 Å². The second-order valence-corrected chi connectivity index (χ2v) is 15.9. The van der Waals surface area contributed by atoms with E-state index in [9.17, 15) is 18.0 Å². The van der Waals surface area contributed by atoms with E-state index in [4.69, 9.17) is 19.4 Å². The molecule has 0 saturated carbocycles. The van der Waals surface area contributed by atoms with Crippen molar-refractivity contribution in [2.45, 2.75) is 51.4 Å². The Labute approximate surface area is 284 Å². The Kier molecular flexibility index (Phi) is 8.59. The summed E-state index contributed by atoms with van der Waals surface area (Å²) in [6, 6.07) is 10.7. The molecular weight excluding hydrogens is 653 g/mol. The Morgan fingerprint density at radius 3 is 2.35 bits per heavy atom. The average molecular weight is 694 g/mol. The Balaban J connectivity index is 1.13. The van der Waals surface area contributed by atoms with E-state index < -0.39 is 27.3 Å². The van der Waals surface area contributed by atoms with Gasteiger partial charge in [-0.1, -0.05) is 6.07 Å². The third-order valence-corrected chi connectivity index (χ3v) is 11.0. The minimum atomic E-state index is -3.00. The highest BCUT2D eigenvalue weighted by molar-refractivity contribution is 7.91. The van der Waals surface area contributed by atoms with Crippen LogP contribution in [0.2, 0.25) is 0 Å². The lowest BCUT2D eigenvalue weighted by Gasteiger charge is -2.33. The van der Waals surface area contributed by atoms with E-state index in [1.165, 1.54) is 12.1 Å². The molecular formula is C34H40FN7O6S. The summed E-state index contributed by atoms with van der Waals surface area (Å²) in [7, 11) is -3.00. The number of halogens is 1. The molecule has 13 nitrogen and oxygen atoms in total. The third kappa shape index (κ3) is 6.99. The zero-order chi connectivity index (χ0) is 34.5. The quantitative estimate of drug-likeness (QED) is 0.386. The summed E-state index contributed by atoms with van der Waals surface area (Å²) >= 11 is 0. The second kappa shape index (κ2) is 12.8. The molecule has 2 bridgehead atoms. The number of likely N-dealkylation sites (N-methyl/N-ethyl adjacent to an activating group) is 1. The van der Waals surface area contributed by atoms with Crippen LogP contribution in [-0.4, -0.2) is 104 Å². The molecule has 2 unspecified atom stereocenters. The van der Waals surface area contributed by atoms with Gasteiger partial charge >= 0.3 is 6.03 Å². The number of fused-ring (bicyclic) bond motifs is 3. The van der Waals surface area contributed by atoms with Crippen molar-refractivity contribution in [3.05, 3.63) is 53.8 Å². The van der Waals surface area contributed by atoms with Crippen LogP contribution in [0.4, 0.5) is 32.2 Å². The predicted molar refractivity (Wildman–Crippen MR) is 184 cm³/mol. The van der Waals surface area contributed by atoms with Crippen molar-refractivity contribution in [2.24, 2.45) is 0 Å². The number of sulfone groups is 1. The molecule has 1 aromatic heterocycles. The highest BCUT2D eigenvalue weighted by Gasteiger charge is 2.39. The summed E-state index contributed by atoms with van der Waals surface area (Å²) in [5.74, 6) is -0.256. The van der Waals surface area contributed by atoms with E-state index in [2.05, 4.69) is 10.6 Å². The van der Waals surface area contributed by atoms with Gasteiger partial charge < -0.3 is 34.8 Å². The minimum Gasteiger partial charge on any atom is -0.469 e. The standard InChI is InChI=1S/C34H40FN7O6S/c1-4-40-20-34(2,3)48-30-28(31(40)43)29(38-32(39-30)42-18-24-10-11-25(19-42)47-24)21-5-12-27(26(35)17-21)37-33(44)36-22-6-8-23(9-7-22)41-13-15-49(45,46)16-14-41/h5-9,12,17,24-25H,4,10-11,13-16,18-20H2,1-3H3,(H2,36,37,44).